The number of ketones is 1. The summed E-state index contributed by atoms with van der Waals surface area (Å²) in [6.45, 7) is 22.9. The predicted octanol–water partition coefficient (Wildman–Crippen LogP) is 4.55. The molecule has 1 rings (SSSR count). The number of carbonyl (C=O) groups is 1. The summed E-state index contributed by atoms with van der Waals surface area (Å²) in [5, 5.41) is 7.84. The first kappa shape index (κ1) is 26.1. The minimum Gasteiger partial charge on any atom is -0.343 e. The van der Waals surface area contributed by atoms with Gasteiger partial charge < -0.3 is 18.6 Å². The molecule has 0 aliphatic rings. The minimum absolute atomic E-state index is 0. The third-order valence-electron chi connectivity index (χ3n) is 3.31. The maximum Gasteiger partial charge on any atom is 0.111 e. The monoisotopic (exact) mass is 410 g/mol. The van der Waals surface area contributed by atoms with Crippen LogP contribution in [0.2, 0.25) is 0 Å². The average molecular weight is 410 g/mol. The zero-order valence-corrected chi connectivity index (χ0v) is 19.6. The largest absolute Gasteiger partial charge is 0.343 e. The second kappa shape index (κ2) is 11.5. The molecule has 1 radical (unpaired) electrons. The molecule has 137 valence electrons. The molecule has 1 heterocycles. The summed E-state index contributed by atoms with van der Waals surface area (Å²) in [5.74, 6) is 0.197. The number of hydrogen-bond acceptors (Lipinski definition) is 3. The van der Waals surface area contributed by atoms with Crippen molar-refractivity contribution in [1.29, 1.82) is 0 Å². The van der Waals surface area contributed by atoms with Gasteiger partial charge in [0.2, 0.25) is 0 Å². The van der Waals surface area contributed by atoms with E-state index in [4.69, 9.17) is 0 Å². The Morgan fingerprint density at radius 2 is 1.79 bits per heavy atom. The summed E-state index contributed by atoms with van der Waals surface area (Å²) >= 11 is 0. The Hall–Kier alpha value is -0.0861. The van der Waals surface area contributed by atoms with Crippen LogP contribution in [0.25, 0.3) is 0 Å². The van der Waals surface area contributed by atoms with Crippen LogP contribution in [0.4, 0.5) is 0 Å². The Labute approximate surface area is 174 Å². The Morgan fingerprint density at radius 3 is 2.12 bits per heavy atom. The molecule has 0 fully saturated rings. The molecule has 5 heteroatoms. The minimum atomic E-state index is -0.252. The first-order valence-corrected chi connectivity index (χ1v) is 8.46. The van der Waals surface area contributed by atoms with Crippen molar-refractivity contribution in [3.8, 4) is 0 Å². The summed E-state index contributed by atoms with van der Waals surface area (Å²) in [6, 6.07) is 0. The fraction of sp³-hybridized carbons (Fsp3) is 0.737. The fourth-order valence-corrected chi connectivity index (χ4v) is 2.23. The van der Waals surface area contributed by atoms with Gasteiger partial charge in [0.1, 0.15) is 5.78 Å². The quantitative estimate of drug-likeness (QED) is 0.669. The summed E-state index contributed by atoms with van der Waals surface area (Å²) in [6.07, 6.45) is 4.65. The molecule has 0 spiro atoms. The average Bonchev–Trinajstić information content (AvgIpc) is 2.84. The summed E-state index contributed by atoms with van der Waals surface area (Å²) in [4.78, 5) is 11.8. The van der Waals surface area contributed by atoms with E-state index in [1.807, 2.05) is 38.6 Å². The van der Waals surface area contributed by atoms with E-state index in [1.54, 1.807) is 0 Å². The number of aromatic nitrogens is 3. The van der Waals surface area contributed by atoms with E-state index in [1.165, 1.54) is 0 Å². The summed E-state index contributed by atoms with van der Waals surface area (Å²) in [7, 11) is 0. The van der Waals surface area contributed by atoms with Crippen molar-refractivity contribution in [1.82, 2.24) is 15.0 Å². The van der Waals surface area contributed by atoms with Crippen molar-refractivity contribution in [3.05, 3.63) is 25.7 Å². The molecule has 24 heavy (non-hydrogen) atoms. The molecule has 0 saturated heterocycles. The van der Waals surface area contributed by atoms with Gasteiger partial charge in [-0.25, -0.2) is 0 Å². The van der Waals surface area contributed by atoms with Crippen molar-refractivity contribution in [3.63, 3.8) is 0 Å². The van der Waals surface area contributed by atoms with E-state index < -0.39 is 0 Å². The molecular weight excluding hydrogens is 375 g/mol. The van der Waals surface area contributed by atoms with Crippen LogP contribution in [0.15, 0.2) is 6.20 Å². The molecule has 0 saturated carbocycles. The molecule has 0 bridgehead atoms. The molecular formula is C19H35N3OY-2. The Bertz CT molecular complexity index is 470. The van der Waals surface area contributed by atoms with Crippen LogP contribution in [0.1, 0.15) is 67.0 Å². The van der Waals surface area contributed by atoms with Gasteiger partial charge in [0.25, 0.3) is 0 Å². The molecule has 0 aromatic carbocycles. The Kier molecular flexibility index (Phi) is 12.5. The molecule has 0 aliphatic heterocycles. The molecule has 1 unspecified atom stereocenters. The SMILES string of the molecule is [CH2-]C(CC(C)(C)C)C(=O)C(C)(C)C.[CH2-]CCc1cn(CC)nn1.[Y]. The van der Waals surface area contributed by atoms with Gasteiger partial charge >= 0.3 is 0 Å². The van der Waals surface area contributed by atoms with Gasteiger partial charge in [-0.1, -0.05) is 53.2 Å². The van der Waals surface area contributed by atoms with Gasteiger partial charge in [0, 0.05) is 50.9 Å². The number of carbonyl (C=O) groups excluding carboxylic acids is 1. The van der Waals surface area contributed by atoms with Gasteiger partial charge in [-0.05, 0) is 18.8 Å². The topological polar surface area (TPSA) is 47.8 Å². The molecule has 1 atom stereocenters. The van der Waals surface area contributed by atoms with E-state index in [9.17, 15) is 4.79 Å². The molecule has 1 aromatic heterocycles. The third-order valence-corrected chi connectivity index (χ3v) is 3.31. The molecule has 4 nitrogen and oxygen atoms in total. The van der Waals surface area contributed by atoms with Gasteiger partial charge in [0.05, 0.1) is 5.69 Å². The second-order valence-electron chi connectivity index (χ2n) is 8.25. The third kappa shape index (κ3) is 11.5. The van der Waals surface area contributed by atoms with Crippen LogP contribution in [0, 0.1) is 30.6 Å². The van der Waals surface area contributed by atoms with Crippen LogP contribution >= 0.6 is 0 Å². The van der Waals surface area contributed by atoms with Crippen molar-refractivity contribution in [2.45, 2.75) is 74.3 Å². The second-order valence-corrected chi connectivity index (χ2v) is 8.25. The molecule has 0 amide bonds. The van der Waals surface area contributed by atoms with Crippen LogP contribution in [0.3, 0.4) is 0 Å². The van der Waals surface area contributed by atoms with E-state index in [-0.39, 0.29) is 55.2 Å². The standard InChI is InChI=1S/C12H23O.C7H12N3.Y/c1-9(8-11(2,3)4)10(13)12(5,6)7;1-3-5-7-6-10(4-2)9-8-7;/h9H,1,8H2,2-7H3;6H,1,3-5H2,2H3;/q2*-1;. The van der Waals surface area contributed by atoms with E-state index in [0.29, 0.717) is 0 Å². The molecule has 1 aromatic rings. The van der Waals surface area contributed by atoms with Crippen LogP contribution in [0.5, 0.6) is 0 Å². The smallest absolute Gasteiger partial charge is 0.111 e. The van der Waals surface area contributed by atoms with Gasteiger partial charge in [-0.15, -0.1) is 11.0 Å². The van der Waals surface area contributed by atoms with Crippen molar-refractivity contribution in [2.24, 2.45) is 16.7 Å². The number of hydrogen-bond donors (Lipinski definition) is 0. The fourth-order valence-electron chi connectivity index (χ4n) is 2.23. The molecule has 0 N–H and O–H groups in total. The van der Waals surface area contributed by atoms with Gasteiger partial charge in [0.15, 0.2) is 0 Å². The van der Waals surface area contributed by atoms with Crippen LogP contribution in [-0.2, 0) is 50.5 Å². The first-order valence-electron chi connectivity index (χ1n) is 8.46. The van der Waals surface area contributed by atoms with E-state index in [2.05, 4.69) is 44.9 Å². The Balaban J connectivity index is 0. The summed E-state index contributed by atoms with van der Waals surface area (Å²) < 4.78 is 1.82. The first-order chi connectivity index (χ1) is 10.4. The van der Waals surface area contributed by atoms with E-state index >= 15 is 0 Å². The van der Waals surface area contributed by atoms with Gasteiger partial charge in [-0.2, -0.15) is 6.42 Å². The number of aryl methyl sites for hydroxylation is 2. The van der Waals surface area contributed by atoms with Crippen molar-refractivity contribution >= 4 is 5.78 Å². The number of Topliss-reactive ketones (excluding diaryl/α,β-unsaturated/α-hetero) is 1. The van der Waals surface area contributed by atoms with Crippen molar-refractivity contribution in [2.75, 3.05) is 0 Å². The number of nitrogens with zero attached hydrogens (tertiary/aromatic N) is 3. The van der Waals surface area contributed by atoms with Crippen LogP contribution in [-0.4, -0.2) is 20.8 Å². The summed E-state index contributed by atoms with van der Waals surface area (Å²) in [5.41, 5.74) is 0.974. The van der Waals surface area contributed by atoms with Gasteiger partial charge in [-0.3, -0.25) is 4.68 Å². The number of rotatable bonds is 5. The zero-order chi connectivity index (χ0) is 18.3. The Morgan fingerprint density at radius 1 is 1.25 bits per heavy atom. The maximum absolute atomic E-state index is 11.8. The zero-order valence-electron chi connectivity index (χ0n) is 16.7. The van der Waals surface area contributed by atoms with E-state index in [0.717, 1.165) is 31.5 Å². The maximum atomic E-state index is 11.8. The predicted molar refractivity (Wildman–Crippen MR) is 96.8 cm³/mol. The van der Waals surface area contributed by atoms with Crippen LogP contribution < -0.4 is 0 Å². The molecule has 0 aliphatic carbocycles. The normalized spacial score (nSPS) is 12.7. The van der Waals surface area contributed by atoms with Crippen molar-refractivity contribution < 1.29 is 37.5 Å².